The van der Waals surface area contributed by atoms with Gasteiger partial charge >= 0.3 is 5.97 Å². The van der Waals surface area contributed by atoms with Crippen molar-refractivity contribution in [1.29, 1.82) is 0 Å². The zero-order chi connectivity index (χ0) is 14.5. The molecule has 2 N–H and O–H groups in total. The van der Waals surface area contributed by atoms with Crippen LogP contribution in [0.15, 0.2) is 58.3 Å². The van der Waals surface area contributed by atoms with Crippen LogP contribution in [0.5, 0.6) is 0 Å². The third-order valence-electron chi connectivity index (χ3n) is 2.50. The first-order valence-electron chi connectivity index (χ1n) is 5.94. The molecule has 0 atom stereocenters. The fourth-order valence-electron chi connectivity index (χ4n) is 1.68. The van der Waals surface area contributed by atoms with Gasteiger partial charge in [0.15, 0.2) is 0 Å². The highest BCUT2D eigenvalue weighted by Crippen LogP contribution is 2.31. The van der Waals surface area contributed by atoms with E-state index in [4.69, 9.17) is 0 Å². The van der Waals surface area contributed by atoms with Crippen molar-refractivity contribution in [2.75, 3.05) is 5.32 Å². The zero-order valence-electron chi connectivity index (χ0n) is 10.8. The number of hydrogen-bond acceptors (Lipinski definition) is 3. The maximum Gasteiger partial charge on any atom is 0.336 e. The average Bonchev–Trinajstić information content (AvgIpc) is 2.41. The van der Waals surface area contributed by atoms with Crippen LogP contribution < -0.4 is 5.32 Å². The highest BCUT2D eigenvalue weighted by Gasteiger charge is 2.12. The first kappa shape index (κ1) is 14.1. The first-order valence-corrected chi connectivity index (χ1v) is 6.76. The van der Waals surface area contributed by atoms with E-state index in [1.165, 1.54) is 24.8 Å². The normalized spacial score (nSPS) is 10.1. The summed E-state index contributed by atoms with van der Waals surface area (Å²) in [7, 11) is 0. The molecule has 0 aliphatic heterocycles. The van der Waals surface area contributed by atoms with E-state index < -0.39 is 5.97 Å². The molecule has 0 radical (unpaired) electrons. The van der Waals surface area contributed by atoms with Crippen LogP contribution in [0.4, 0.5) is 5.69 Å². The summed E-state index contributed by atoms with van der Waals surface area (Å²) < 4.78 is 0. The first-order chi connectivity index (χ1) is 9.56. The molecule has 0 bridgehead atoms. The van der Waals surface area contributed by atoms with Gasteiger partial charge in [-0.3, -0.25) is 4.79 Å². The van der Waals surface area contributed by atoms with Gasteiger partial charge in [-0.2, -0.15) is 0 Å². The quantitative estimate of drug-likeness (QED) is 0.903. The van der Waals surface area contributed by atoms with E-state index in [-0.39, 0.29) is 11.5 Å². The molecular formula is C15H13NO3S. The molecule has 0 heterocycles. The molecule has 2 rings (SSSR count). The maximum absolute atomic E-state index is 11.3. The van der Waals surface area contributed by atoms with Crippen molar-refractivity contribution in [1.82, 2.24) is 0 Å². The van der Waals surface area contributed by atoms with Crippen LogP contribution in [0.2, 0.25) is 0 Å². The molecule has 0 aromatic heterocycles. The Morgan fingerprint density at radius 1 is 1.10 bits per heavy atom. The highest BCUT2D eigenvalue weighted by atomic mass is 32.2. The average molecular weight is 287 g/mol. The second-order valence-electron chi connectivity index (χ2n) is 4.11. The molecule has 1 amide bonds. The van der Waals surface area contributed by atoms with Crippen LogP contribution in [-0.2, 0) is 4.79 Å². The third-order valence-corrected chi connectivity index (χ3v) is 3.59. The van der Waals surface area contributed by atoms with Crippen molar-refractivity contribution in [3.63, 3.8) is 0 Å². The lowest BCUT2D eigenvalue weighted by Crippen LogP contribution is -2.07. The van der Waals surface area contributed by atoms with Gasteiger partial charge in [-0.05, 0) is 30.3 Å². The van der Waals surface area contributed by atoms with Crippen LogP contribution in [0, 0.1) is 0 Å². The minimum absolute atomic E-state index is 0.171. The van der Waals surface area contributed by atoms with E-state index in [1.54, 1.807) is 12.1 Å². The van der Waals surface area contributed by atoms with Crippen molar-refractivity contribution in [2.45, 2.75) is 16.7 Å². The minimum Gasteiger partial charge on any atom is -0.478 e. The number of rotatable bonds is 4. The third kappa shape index (κ3) is 3.61. The molecule has 5 heteroatoms. The van der Waals surface area contributed by atoms with Gasteiger partial charge in [0.25, 0.3) is 0 Å². The Balaban J connectivity index is 2.33. The summed E-state index contributed by atoms with van der Waals surface area (Å²) in [5, 5.41) is 11.9. The van der Waals surface area contributed by atoms with E-state index in [1.807, 2.05) is 30.3 Å². The lowest BCUT2D eigenvalue weighted by molar-refractivity contribution is -0.114. The summed E-state index contributed by atoms with van der Waals surface area (Å²) in [6.45, 7) is 1.38. The second-order valence-corrected chi connectivity index (χ2v) is 5.23. The summed E-state index contributed by atoms with van der Waals surface area (Å²) in [6, 6.07) is 14.4. The van der Waals surface area contributed by atoms with Crippen molar-refractivity contribution in [2.24, 2.45) is 0 Å². The summed E-state index contributed by atoms with van der Waals surface area (Å²) in [6.07, 6.45) is 0. The number of amides is 1. The SMILES string of the molecule is CC(=O)Nc1ccc(Sc2ccccc2)c(C(=O)O)c1. The Hall–Kier alpha value is -2.27. The van der Waals surface area contributed by atoms with Gasteiger partial charge in [0.2, 0.25) is 5.91 Å². The lowest BCUT2D eigenvalue weighted by Gasteiger charge is -2.09. The maximum atomic E-state index is 11.3. The van der Waals surface area contributed by atoms with Crippen LogP contribution in [0.3, 0.4) is 0 Å². The van der Waals surface area contributed by atoms with Crippen molar-refractivity contribution >= 4 is 29.3 Å². The summed E-state index contributed by atoms with van der Waals surface area (Å²) in [4.78, 5) is 23.9. The van der Waals surface area contributed by atoms with Gasteiger partial charge in [0, 0.05) is 22.4 Å². The summed E-state index contributed by atoms with van der Waals surface area (Å²) >= 11 is 1.38. The number of carboxylic acids is 1. The number of carbonyl (C=O) groups excluding carboxylic acids is 1. The summed E-state index contributed by atoms with van der Waals surface area (Å²) in [5.74, 6) is -1.25. The fourth-order valence-corrected chi connectivity index (χ4v) is 2.62. The zero-order valence-corrected chi connectivity index (χ0v) is 11.6. The highest BCUT2D eigenvalue weighted by molar-refractivity contribution is 7.99. The Kier molecular flexibility index (Phi) is 4.42. The molecule has 0 aliphatic rings. The Bertz CT molecular complexity index is 641. The smallest absolute Gasteiger partial charge is 0.336 e. The van der Waals surface area contributed by atoms with Crippen LogP contribution in [0.25, 0.3) is 0 Å². The number of carboxylic acid groups (broad SMARTS) is 1. The molecule has 0 aliphatic carbocycles. The molecule has 0 saturated heterocycles. The van der Waals surface area contributed by atoms with E-state index >= 15 is 0 Å². The number of aromatic carboxylic acids is 1. The topological polar surface area (TPSA) is 66.4 Å². The van der Waals surface area contributed by atoms with Crippen molar-refractivity contribution in [3.8, 4) is 0 Å². The molecule has 0 unspecified atom stereocenters. The Labute approximate surface area is 120 Å². The standard InChI is InChI=1S/C15H13NO3S/c1-10(17)16-11-7-8-14(13(9-11)15(18)19)20-12-5-3-2-4-6-12/h2-9H,1H3,(H,16,17)(H,18,19). The van der Waals surface area contributed by atoms with E-state index in [2.05, 4.69) is 5.32 Å². The van der Waals surface area contributed by atoms with Gasteiger partial charge < -0.3 is 10.4 Å². The van der Waals surface area contributed by atoms with E-state index in [0.717, 1.165) is 4.90 Å². The number of carbonyl (C=O) groups is 2. The van der Waals surface area contributed by atoms with Gasteiger partial charge in [-0.1, -0.05) is 30.0 Å². The second kappa shape index (κ2) is 6.25. The van der Waals surface area contributed by atoms with Gasteiger partial charge in [-0.15, -0.1) is 0 Å². The molecule has 0 fully saturated rings. The van der Waals surface area contributed by atoms with Gasteiger partial charge in [0.05, 0.1) is 5.56 Å². The van der Waals surface area contributed by atoms with Gasteiger partial charge in [-0.25, -0.2) is 4.79 Å². The molecule has 2 aromatic rings. The number of benzene rings is 2. The largest absolute Gasteiger partial charge is 0.478 e. The molecular weight excluding hydrogens is 274 g/mol. The monoisotopic (exact) mass is 287 g/mol. The van der Waals surface area contributed by atoms with Crippen molar-refractivity contribution < 1.29 is 14.7 Å². The molecule has 4 nitrogen and oxygen atoms in total. The van der Waals surface area contributed by atoms with Crippen LogP contribution in [0.1, 0.15) is 17.3 Å². The molecule has 20 heavy (non-hydrogen) atoms. The number of hydrogen-bond donors (Lipinski definition) is 2. The number of nitrogens with one attached hydrogen (secondary N) is 1. The predicted molar refractivity (Wildman–Crippen MR) is 78.3 cm³/mol. The molecule has 2 aromatic carbocycles. The van der Waals surface area contributed by atoms with Gasteiger partial charge in [0.1, 0.15) is 0 Å². The minimum atomic E-state index is -1.02. The summed E-state index contributed by atoms with van der Waals surface area (Å²) in [5.41, 5.74) is 0.650. The van der Waals surface area contributed by atoms with E-state index in [9.17, 15) is 14.7 Å². The number of anilines is 1. The van der Waals surface area contributed by atoms with Crippen molar-refractivity contribution in [3.05, 3.63) is 54.1 Å². The molecule has 0 saturated carbocycles. The Morgan fingerprint density at radius 2 is 1.80 bits per heavy atom. The predicted octanol–water partition coefficient (Wildman–Crippen LogP) is 3.49. The fraction of sp³-hybridized carbons (Fsp3) is 0.0667. The lowest BCUT2D eigenvalue weighted by atomic mass is 10.2. The van der Waals surface area contributed by atoms with Crippen LogP contribution >= 0.6 is 11.8 Å². The van der Waals surface area contributed by atoms with E-state index in [0.29, 0.717) is 10.6 Å². The molecule has 0 spiro atoms. The van der Waals surface area contributed by atoms with Crippen LogP contribution in [-0.4, -0.2) is 17.0 Å². The Morgan fingerprint density at radius 3 is 2.40 bits per heavy atom. The molecule has 102 valence electrons.